The Bertz CT molecular complexity index is 1560. The van der Waals surface area contributed by atoms with Gasteiger partial charge in [0.15, 0.2) is 0 Å². The summed E-state index contributed by atoms with van der Waals surface area (Å²) in [4.78, 5) is 0. The Labute approximate surface area is 206 Å². The highest BCUT2D eigenvalue weighted by Crippen LogP contribution is 2.43. The standard InChI is InChI=1S/C29H22B4O/c1-15-24(30)22(26(32)27(33)25(15)31)20-13-7-10-17(23(20)29(2,3)4)19-12-8-11-18-16-9-5-6-14-21(16)34-28(18)19/h5-14H,1-4H3. The third-order valence-electron chi connectivity index (χ3n) is 6.71. The van der Waals surface area contributed by atoms with Crippen LogP contribution in [-0.4, -0.2) is 31.4 Å². The van der Waals surface area contributed by atoms with Crippen molar-refractivity contribution >= 4 is 75.2 Å². The normalized spacial score (nSPS) is 12.0. The molecule has 156 valence electrons. The van der Waals surface area contributed by atoms with Gasteiger partial charge in [-0.05, 0) is 40.7 Å². The smallest absolute Gasteiger partial charge is 0.143 e. The molecule has 0 spiro atoms. The van der Waals surface area contributed by atoms with E-state index in [9.17, 15) is 0 Å². The van der Waals surface area contributed by atoms with Crippen LogP contribution < -0.4 is 21.9 Å². The molecule has 0 saturated carbocycles. The van der Waals surface area contributed by atoms with Gasteiger partial charge in [-0.25, -0.2) is 0 Å². The van der Waals surface area contributed by atoms with Crippen molar-refractivity contribution < 1.29 is 4.42 Å². The second-order valence-electron chi connectivity index (χ2n) is 9.91. The first-order valence-corrected chi connectivity index (χ1v) is 11.4. The van der Waals surface area contributed by atoms with E-state index in [0.717, 1.165) is 55.3 Å². The van der Waals surface area contributed by atoms with Gasteiger partial charge >= 0.3 is 0 Å². The summed E-state index contributed by atoms with van der Waals surface area (Å²) < 4.78 is 6.37. The van der Waals surface area contributed by atoms with Crippen molar-refractivity contribution in [3.63, 3.8) is 0 Å². The van der Waals surface area contributed by atoms with Crippen LogP contribution in [0, 0.1) is 6.92 Å². The number of benzene rings is 4. The summed E-state index contributed by atoms with van der Waals surface area (Å²) in [5, 5.41) is 2.19. The topological polar surface area (TPSA) is 13.1 Å². The van der Waals surface area contributed by atoms with Crippen molar-refractivity contribution in [1.29, 1.82) is 0 Å². The van der Waals surface area contributed by atoms with E-state index >= 15 is 0 Å². The lowest BCUT2D eigenvalue weighted by molar-refractivity contribution is 0.593. The lowest BCUT2D eigenvalue weighted by Gasteiger charge is -2.30. The summed E-state index contributed by atoms with van der Waals surface area (Å²) in [6.45, 7) is 8.44. The van der Waals surface area contributed by atoms with Crippen LogP contribution in [0.25, 0.3) is 44.2 Å². The van der Waals surface area contributed by atoms with Crippen LogP contribution in [0.15, 0.2) is 65.1 Å². The maximum Gasteiger partial charge on any atom is 0.143 e. The maximum absolute atomic E-state index is 6.59. The molecular weight excluding hydrogens is 408 g/mol. The van der Waals surface area contributed by atoms with Crippen LogP contribution >= 0.6 is 0 Å². The minimum absolute atomic E-state index is 0.233. The van der Waals surface area contributed by atoms with Crippen LogP contribution in [0.4, 0.5) is 0 Å². The lowest BCUT2D eigenvalue weighted by atomic mass is 9.62. The van der Waals surface area contributed by atoms with Crippen LogP contribution in [0.1, 0.15) is 31.9 Å². The average Bonchev–Trinajstić information content (AvgIpc) is 3.20. The molecule has 0 atom stereocenters. The molecule has 0 unspecified atom stereocenters. The van der Waals surface area contributed by atoms with E-state index in [1.165, 1.54) is 0 Å². The van der Waals surface area contributed by atoms with Crippen LogP contribution in [0.3, 0.4) is 0 Å². The molecule has 1 aromatic heterocycles. The van der Waals surface area contributed by atoms with Crippen molar-refractivity contribution in [1.82, 2.24) is 0 Å². The zero-order valence-corrected chi connectivity index (χ0v) is 20.0. The molecule has 5 aromatic rings. The Balaban J connectivity index is 1.90. The Hall–Kier alpha value is -3.06. The van der Waals surface area contributed by atoms with E-state index < -0.39 is 0 Å². The Morgan fingerprint density at radius 1 is 0.618 bits per heavy atom. The highest BCUT2D eigenvalue weighted by Gasteiger charge is 2.26. The summed E-state index contributed by atoms with van der Waals surface area (Å²) in [5.41, 5.74) is 8.88. The molecule has 0 aliphatic carbocycles. The number of para-hydroxylation sites is 2. The largest absolute Gasteiger partial charge is 0.455 e. The Morgan fingerprint density at radius 2 is 1.24 bits per heavy atom. The van der Waals surface area contributed by atoms with Gasteiger partial charge in [-0.2, -0.15) is 0 Å². The van der Waals surface area contributed by atoms with Crippen LogP contribution in [0.2, 0.25) is 0 Å². The summed E-state index contributed by atoms with van der Waals surface area (Å²) >= 11 is 0. The van der Waals surface area contributed by atoms with Crippen LogP contribution in [-0.2, 0) is 5.41 Å². The fraction of sp³-hybridized carbons (Fsp3) is 0.172. The van der Waals surface area contributed by atoms with E-state index in [4.69, 9.17) is 35.8 Å². The molecule has 34 heavy (non-hydrogen) atoms. The first kappa shape index (κ1) is 22.7. The van der Waals surface area contributed by atoms with Crippen molar-refractivity contribution in [2.24, 2.45) is 0 Å². The lowest BCUT2D eigenvalue weighted by Crippen LogP contribution is -2.46. The van der Waals surface area contributed by atoms with Crippen LogP contribution in [0.5, 0.6) is 0 Å². The van der Waals surface area contributed by atoms with E-state index in [-0.39, 0.29) is 5.41 Å². The van der Waals surface area contributed by atoms with E-state index in [1.54, 1.807) is 0 Å². The fourth-order valence-electron chi connectivity index (χ4n) is 5.00. The molecule has 1 heterocycles. The van der Waals surface area contributed by atoms with Gasteiger partial charge in [0.1, 0.15) is 42.6 Å². The van der Waals surface area contributed by atoms with E-state index in [2.05, 4.69) is 57.2 Å². The third-order valence-corrected chi connectivity index (χ3v) is 6.71. The Kier molecular flexibility index (Phi) is 5.35. The Morgan fingerprint density at radius 3 is 1.97 bits per heavy atom. The van der Waals surface area contributed by atoms with Gasteiger partial charge in [-0.3, -0.25) is 0 Å². The number of hydrogen-bond acceptors (Lipinski definition) is 1. The molecule has 0 bridgehead atoms. The molecule has 0 aliphatic heterocycles. The first-order valence-electron chi connectivity index (χ1n) is 11.4. The second-order valence-corrected chi connectivity index (χ2v) is 9.91. The molecule has 1 nitrogen and oxygen atoms in total. The third kappa shape index (κ3) is 3.36. The molecule has 5 rings (SSSR count). The van der Waals surface area contributed by atoms with E-state index in [1.807, 2.05) is 31.2 Å². The summed E-state index contributed by atoms with van der Waals surface area (Å²) in [7, 11) is 25.6. The average molecular weight is 430 g/mol. The summed E-state index contributed by atoms with van der Waals surface area (Å²) in [6.07, 6.45) is 0. The minimum atomic E-state index is -0.233. The molecule has 0 saturated heterocycles. The molecule has 0 aliphatic rings. The number of hydrogen-bond donors (Lipinski definition) is 0. The zero-order chi connectivity index (χ0) is 24.4. The highest BCUT2D eigenvalue weighted by atomic mass is 16.3. The summed E-state index contributed by atoms with van der Waals surface area (Å²) in [5.74, 6) is 0. The van der Waals surface area contributed by atoms with Gasteiger partial charge < -0.3 is 4.42 Å². The quantitative estimate of drug-likeness (QED) is 0.390. The highest BCUT2D eigenvalue weighted by molar-refractivity contribution is 6.61. The van der Waals surface area contributed by atoms with Gasteiger partial charge in [0.2, 0.25) is 0 Å². The zero-order valence-electron chi connectivity index (χ0n) is 20.0. The monoisotopic (exact) mass is 430 g/mol. The number of fused-ring (bicyclic) bond motifs is 3. The minimum Gasteiger partial charge on any atom is -0.455 e. The molecule has 8 radical (unpaired) electrons. The molecule has 0 amide bonds. The maximum atomic E-state index is 6.59. The van der Waals surface area contributed by atoms with Crippen molar-refractivity contribution in [3.05, 3.63) is 71.8 Å². The van der Waals surface area contributed by atoms with Gasteiger partial charge in [-0.15, -0.1) is 10.9 Å². The first-order chi connectivity index (χ1) is 16.1. The molecule has 0 fully saturated rings. The number of furan rings is 1. The summed E-state index contributed by atoms with van der Waals surface area (Å²) in [6, 6.07) is 20.6. The molecule has 4 aromatic carbocycles. The predicted molar refractivity (Wildman–Crippen MR) is 150 cm³/mol. The van der Waals surface area contributed by atoms with Crippen molar-refractivity contribution in [2.75, 3.05) is 0 Å². The van der Waals surface area contributed by atoms with Gasteiger partial charge in [-0.1, -0.05) is 91.9 Å². The SMILES string of the molecule is [B]c1c([B])c(C)c([B])c(-c2cccc(-c3cccc4c3oc3ccccc34)c2C(C)(C)C)c1[B]. The van der Waals surface area contributed by atoms with Crippen molar-refractivity contribution in [3.8, 4) is 22.3 Å². The predicted octanol–water partition coefficient (Wildman–Crippen LogP) is 3.70. The van der Waals surface area contributed by atoms with Gasteiger partial charge in [0.05, 0.1) is 0 Å². The van der Waals surface area contributed by atoms with E-state index in [0.29, 0.717) is 21.9 Å². The fourth-order valence-corrected chi connectivity index (χ4v) is 5.00. The van der Waals surface area contributed by atoms with Crippen molar-refractivity contribution in [2.45, 2.75) is 33.1 Å². The number of rotatable bonds is 2. The molecular formula is C29H22B4O. The van der Waals surface area contributed by atoms with Gasteiger partial charge in [0, 0.05) is 16.3 Å². The molecule has 0 N–H and O–H groups in total. The van der Waals surface area contributed by atoms with Gasteiger partial charge in [0.25, 0.3) is 0 Å². The second kappa shape index (κ2) is 8.01. The molecule has 5 heteroatoms.